The summed E-state index contributed by atoms with van der Waals surface area (Å²) in [5.41, 5.74) is 2.36. The zero-order chi connectivity index (χ0) is 21.3. The molecule has 3 aliphatic heterocycles. The van der Waals surface area contributed by atoms with Crippen LogP contribution in [0.5, 0.6) is 0 Å². The Morgan fingerprint density at radius 3 is 2.63 bits per heavy atom. The van der Waals surface area contributed by atoms with Gasteiger partial charge in [-0.05, 0) is 49.9 Å². The highest BCUT2D eigenvalue weighted by Gasteiger charge is 2.45. The summed E-state index contributed by atoms with van der Waals surface area (Å²) in [7, 11) is 0. The molecule has 0 aromatic heterocycles. The van der Waals surface area contributed by atoms with Gasteiger partial charge in [0, 0.05) is 44.2 Å². The first kappa shape index (κ1) is 21.0. The molecule has 2 saturated heterocycles. The lowest BCUT2D eigenvalue weighted by molar-refractivity contribution is -0.116. The number of carbonyl (C=O) groups excluding carboxylic acids is 2. The van der Waals surface area contributed by atoms with E-state index >= 15 is 0 Å². The number of benzene rings is 1. The van der Waals surface area contributed by atoms with Gasteiger partial charge in [0.05, 0.1) is 0 Å². The summed E-state index contributed by atoms with van der Waals surface area (Å²) in [4.78, 5) is 29.9. The monoisotopic (exact) mass is 421 g/mol. The van der Waals surface area contributed by atoms with Crippen molar-refractivity contribution >= 4 is 17.7 Å². The number of carbonyl (C=O) groups is 2. The fourth-order valence-corrected chi connectivity index (χ4v) is 5.24. The van der Waals surface area contributed by atoms with Gasteiger partial charge in [0.1, 0.15) is 0 Å². The molecule has 0 bridgehead atoms. The van der Waals surface area contributed by atoms with Gasteiger partial charge >= 0.3 is 6.09 Å². The summed E-state index contributed by atoms with van der Waals surface area (Å²) < 4.78 is 29.1. The van der Waals surface area contributed by atoms with Crippen LogP contribution in [0.3, 0.4) is 0 Å². The largest absolute Gasteiger partial charge is 0.443 e. The number of amides is 2. The third-order valence-electron chi connectivity index (χ3n) is 6.81. The van der Waals surface area contributed by atoms with E-state index in [0.29, 0.717) is 19.0 Å². The quantitative estimate of drug-likeness (QED) is 0.750. The van der Waals surface area contributed by atoms with Crippen LogP contribution in [0.4, 0.5) is 19.3 Å². The number of ether oxygens (including phenoxy) is 1. The maximum atomic E-state index is 12.2. The summed E-state index contributed by atoms with van der Waals surface area (Å²) in [6, 6.07) is 8.24. The number of fused-ring (bicyclic) bond motifs is 2. The number of halogens is 2. The fourth-order valence-electron chi connectivity index (χ4n) is 5.24. The number of nitrogens with zero attached hydrogens (tertiary/aromatic N) is 3. The first-order valence-corrected chi connectivity index (χ1v) is 10.7. The van der Waals surface area contributed by atoms with E-state index in [9.17, 15) is 18.4 Å². The van der Waals surface area contributed by atoms with E-state index in [4.69, 9.17) is 0 Å². The van der Waals surface area contributed by atoms with Gasteiger partial charge in [-0.25, -0.2) is 13.6 Å². The molecule has 0 saturated carbocycles. The van der Waals surface area contributed by atoms with E-state index < -0.39 is 19.1 Å². The van der Waals surface area contributed by atoms with Gasteiger partial charge in [-0.1, -0.05) is 18.2 Å². The van der Waals surface area contributed by atoms with Crippen molar-refractivity contribution in [2.24, 2.45) is 5.92 Å². The van der Waals surface area contributed by atoms with Crippen molar-refractivity contribution in [1.82, 2.24) is 9.80 Å². The van der Waals surface area contributed by atoms with Crippen molar-refractivity contribution in [2.75, 3.05) is 50.8 Å². The topological polar surface area (TPSA) is 53.1 Å². The van der Waals surface area contributed by atoms with Crippen molar-refractivity contribution in [2.45, 2.75) is 38.0 Å². The number of para-hydroxylation sites is 1. The number of rotatable bonds is 4. The molecule has 1 atom stereocenters. The molecule has 1 aromatic carbocycles. The number of alkyl halides is 2. The average Bonchev–Trinajstić information content (AvgIpc) is 3.32. The van der Waals surface area contributed by atoms with Crippen LogP contribution in [0.15, 0.2) is 24.3 Å². The molecule has 8 heteroatoms. The van der Waals surface area contributed by atoms with Crippen molar-refractivity contribution < 1.29 is 23.1 Å². The summed E-state index contributed by atoms with van der Waals surface area (Å²) >= 11 is 0. The Morgan fingerprint density at radius 2 is 1.93 bits per heavy atom. The van der Waals surface area contributed by atoms with Gasteiger partial charge in [-0.3, -0.25) is 4.79 Å². The van der Waals surface area contributed by atoms with Gasteiger partial charge in [0.25, 0.3) is 6.43 Å². The minimum absolute atomic E-state index is 0.0273. The Hall–Kier alpha value is -2.22. The summed E-state index contributed by atoms with van der Waals surface area (Å²) in [6.07, 6.45) is -0.400. The van der Waals surface area contributed by atoms with E-state index in [1.807, 2.05) is 17.0 Å². The van der Waals surface area contributed by atoms with E-state index in [2.05, 4.69) is 21.8 Å². The maximum Gasteiger partial charge on any atom is 0.409 e. The molecule has 0 radical (unpaired) electrons. The molecule has 3 aliphatic rings. The Labute approximate surface area is 175 Å². The van der Waals surface area contributed by atoms with E-state index in [-0.39, 0.29) is 11.3 Å². The second-order valence-corrected chi connectivity index (χ2v) is 8.77. The molecule has 3 heterocycles. The zero-order valence-electron chi connectivity index (χ0n) is 17.4. The molecular weight excluding hydrogens is 392 g/mol. The molecule has 2 amide bonds. The second-order valence-electron chi connectivity index (χ2n) is 8.77. The van der Waals surface area contributed by atoms with Crippen LogP contribution in [0.2, 0.25) is 0 Å². The van der Waals surface area contributed by atoms with Crippen LogP contribution >= 0.6 is 0 Å². The number of hydrogen-bond acceptors (Lipinski definition) is 4. The van der Waals surface area contributed by atoms with Crippen LogP contribution in [0, 0.1) is 5.92 Å². The molecule has 0 N–H and O–H groups in total. The standard InChI is InChI=1S/C22H29F2N3O3/c1-16(28)27-15-22(18-4-2-3-5-19(18)27)7-10-25(11-8-22)12-17-6-9-26(13-17)21(29)30-14-20(23)24/h2-5,17,20H,6-15H2,1H3/t17-/m1/s1. The minimum Gasteiger partial charge on any atom is -0.443 e. The average molecular weight is 421 g/mol. The smallest absolute Gasteiger partial charge is 0.409 e. The molecule has 0 aliphatic carbocycles. The molecular formula is C22H29F2N3O3. The second kappa shape index (κ2) is 8.49. The third-order valence-corrected chi connectivity index (χ3v) is 6.81. The molecule has 0 unspecified atom stereocenters. The zero-order valence-corrected chi connectivity index (χ0v) is 17.4. The third kappa shape index (κ3) is 4.15. The van der Waals surface area contributed by atoms with Crippen molar-refractivity contribution in [3.05, 3.63) is 29.8 Å². The highest BCUT2D eigenvalue weighted by atomic mass is 19.3. The van der Waals surface area contributed by atoms with Gasteiger partial charge in [-0.15, -0.1) is 0 Å². The Bertz CT molecular complexity index is 796. The van der Waals surface area contributed by atoms with E-state index in [1.165, 1.54) is 10.5 Å². The Morgan fingerprint density at radius 1 is 1.20 bits per heavy atom. The maximum absolute atomic E-state index is 12.2. The van der Waals surface area contributed by atoms with Crippen LogP contribution in [-0.2, 0) is 14.9 Å². The molecule has 4 rings (SSSR count). The molecule has 164 valence electrons. The Kier molecular flexibility index (Phi) is 5.95. The first-order valence-electron chi connectivity index (χ1n) is 10.7. The molecule has 6 nitrogen and oxygen atoms in total. The lowest BCUT2D eigenvalue weighted by Gasteiger charge is -2.40. The van der Waals surface area contributed by atoms with Crippen LogP contribution in [0.1, 0.15) is 31.7 Å². The fraction of sp³-hybridized carbons (Fsp3) is 0.636. The predicted molar refractivity (Wildman–Crippen MR) is 109 cm³/mol. The lowest BCUT2D eigenvalue weighted by Crippen LogP contribution is -2.47. The van der Waals surface area contributed by atoms with Gasteiger partial charge in [0.15, 0.2) is 6.61 Å². The molecule has 30 heavy (non-hydrogen) atoms. The van der Waals surface area contributed by atoms with Gasteiger partial charge < -0.3 is 19.4 Å². The SMILES string of the molecule is CC(=O)N1CC2(CCN(C[C@H]3CCN(C(=O)OCC(F)F)C3)CC2)c2ccccc21. The lowest BCUT2D eigenvalue weighted by atomic mass is 9.74. The summed E-state index contributed by atoms with van der Waals surface area (Å²) in [5.74, 6) is 0.425. The number of anilines is 1. The predicted octanol–water partition coefficient (Wildman–Crippen LogP) is 3.11. The Balaban J connectivity index is 1.31. The van der Waals surface area contributed by atoms with Crippen molar-refractivity contribution in [3.63, 3.8) is 0 Å². The molecule has 1 aromatic rings. The van der Waals surface area contributed by atoms with E-state index in [1.54, 1.807) is 6.92 Å². The number of hydrogen-bond donors (Lipinski definition) is 0. The highest BCUT2D eigenvalue weighted by molar-refractivity contribution is 5.94. The normalized spacial score (nSPS) is 23.3. The first-order chi connectivity index (χ1) is 14.4. The highest BCUT2D eigenvalue weighted by Crippen LogP contribution is 2.47. The van der Waals surface area contributed by atoms with Crippen LogP contribution < -0.4 is 4.90 Å². The van der Waals surface area contributed by atoms with Crippen molar-refractivity contribution in [1.29, 1.82) is 0 Å². The summed E-state index contributed by atoms with van der Waals surface area (Å²) in [6.45, 7) is 5.46. The van der Waals surface area contributed by atoms with Crippen LogP contribution in [0.25, 0.3) is 0 Å². The molecule has 1 spiro atoms. The number of likely N-dealkylation sites (tertiary alicyclic amines) is 2. The van der Waals surface area contributed by atoms with Crippen molar-refractivity contribution in [3.8, 4) is 0 Å². The van der Waals surface area contributed by atoms with Gasteiger partial charge in [0.2, 0.25) is 5.91 Å². The minimum atomic E-state index is -2.63. The molecule has 2 fully saturated rings. The van der Waals surface area contributed by atoms with E-state index in [0.717, 1.165) is 51.1 Å². The summed E-state index contributed by atoms with van der Waals surface area (Å²) in [5, 5.41) is 0. The van der Waals surface area contributed by atoms with Gasteiger partial charge in [-0.2, -0.15) is 0 Å². The van der Waals surface area contributed by atoms with Crippen LogP contribution in [-0.4, -0.2) is 74.1 Å². The number of piperidine rings is 1.